The number of carbonyl (C=O) groups is 1. The molecule has 2 aromatic carbocycles. The summed E-state index contributed by atoms with van der Waals surface area (Å²) in [5.41, 5.74) is 1.81. The fraction of sp³-hybridized carbons (Fsp3) is 0.118. The molecule has 1 atom stereocenters. The molecule has 3 rings (SSSR count). The van der Waals surface area contributed by atoms with Gasteiger partial charge in [-0.2, -0.15) is 0 Å². The zero-order valence-corrected chi connectivity index (χ0v) is 12.1. The van der Waals surface area contributed by atoms with Crippen LogP contribution in [0.1, 0.15) is 11.5 Å². The number of nitrogens with one attached hydrogen (secondary N) is 1. The van der Waals surface area contributed by atoms with E-state index in [4.69, 9.17) is 0 Å². The Balaban J connectivity index is 1.86. The summed E-state index contributed by atoms with van der Waals surface area (Å²) in [7, 11) is 0. The van der Waals surface area contributed by atoms with E-state index in [2.05, 4.69) is 5.32 Å². The lowest BCUT2D eigenvalue weighted by Crippen LogP contribution is -2.20. The number of hydrogen-bond acceptors (Lipinski definition) is 3. The minimum Gasteiger partial charge on any atom is -0.481 e. The summed E-state index contributed by atoms with van der Waals surface area (Å²) in [6.07, 6.45) is 0. The first-order valence-corrected chi connectivity index (χ1v) is 7.61. The van der Waals surface area contributed by atoms with E-state index in [9.17, 15) is 9.90 Å². The lowest BCUT2D eigenvalue weighted by Gasteiger charge is -2.14. The number of para-hydroxylation sites is 1. The predicted octanol–water partition coefficient (Wildman–Crippen LogP) is 4.18. The molecule has 3 nitrogen and oxygen atoms in total. The average molecular weight is 297 g/mol. The number of anilines is 1. The van der Waals surface area contributed by atoms with Gasteiger partial charge in [-0.05, 0) is 34.5 Å². The van der Waals surface area contributed by atoms with Gasteiger partial charge in [-0.1, -0.05) is 36.4 Å². The third-order valence-electron chi connectivity index (χ3n) is 3.47. The second-order valence-electron chi connectivity index (χ2n) is 4.82. The summed E-state index contributed by atoms with van der Waals surface area (Å²) in [5, 5.41) is 15.7. The number of benzene rings is 2. The standard InChI is InChI=1S/C17H15NO2S/c19-17(20)14(10-18-12-6-2-1-3-7-12)15-11-21-16-9-5-4-8-13(15)16/h1-9,11,14,18H,10H2,(H,19,20). The van der Waals surface area contributed by atoms with Crippen LogP contribution in [0.25, 0.3) is 10.1 Å². The van der Waals surface area contributed by atoms with Gasteiger partial charge in [-0.3, -0.25) is 4.79 Å². The fourth-order valence-corrected chi connectivity index (χ4v) is 3.39. The molecule has 1 heterocycles. The highest BCUT2D eigenvalue weighted by molar-refractivity contribution is 7.17. The molecule has 0 saturated carbocycles. The molecule has 0 aliphatic carbocycles. The average Bonchev–Trinajstić information content (AvgIpc) is 2.92. The van der Waals surface area contributed by atoms with Crippen LogP contribution in [-0.4, -0.2) is 17.6 Å². The van der Waals surface area contributed by atoms with Gasteiger partial charge >= 0.3 is 5.97 Å². The Bertz CT molecular complexity index is 752. The van der Waals surface area contributed by atoms with Gasteiger partial charge in [0.25, 0.3) is 0 Å². The molecular weight excluding hydrogens is 282 g/mol. The molecule has 106 valence electrons. The second-order valence-corrected chi connectivity index (χ2v) is 5.74. The number of rotatable bonds is 5. The van der Waals surface area contributed by atoms with Crippen LogP contribution >= 0.6 is 11.3 Å². The van der Waals surface area contributed by atoms with Crippen molar-refractivity contribution >= 4 is 33.1 Å². The Morgan fingerprint density at radius 1 is 1.10 bits per heavy atom. The molecule has 0 spiro atoms. The van der Waals surface area contributed by atoms with Crippen LogP contribution in [0.3, 0.4) is 0 Å². The highest BCUT2D eigenvalue weighted by Gasteiger charge is 2.22. The number of thiophene rings is 1. The molecular formula is C17H15NO2S. The zero-order chi connectivity index (χ0) is 14.7. The second kappa shape index (κ2) is 5.97. The first kappa shape index (κ1) is 13.6. The summed E-state index contributed by atoms with van der Waals surface area (Å²) in [4.78, 5) is 11.6. The van der Waals surface area contributed by atoms with Gasteiger partial charge in [0, 0.05) is 16.9 Å². The molecule has 0 fully saturated rings. The van der Waals surface area contributed by atoms with Crippen LogP contribution in [-0.2, 0) is 4.79 Å². The highest BCUT2D eigenvalue weighted by atomic mass is 32.1. The number of hydrogen-bond donors (Lipinski definition) is 2. The normalized spacial score (nSPS) is 12.2. The summed E-state index contributed by atoms with van der Waals surface area (Å²) in [5.74, 6) is -1.36. The van der Waals surface area contributed by atoms with Crippen molar-refractivity contribution in [3.63, 3.8) is 0 Å². The maximum atomic E-state index is 11.6. The molecule has 0 amide bonds. The number of aliphatic carboxylic acids is 1. The summed E-state index contributed by atoms with van der Waals surface area (Å²) in [6.45, 7) is 0.375. The van der Waals surface area contributed by atoms with Crippen molar-refractivity contribution in [2.24, 2.45) is 0 Å². The van der Waals surface area contributed by atoms with Gasteiger partial charge in [-0.25, -0.2) is 0 Å². The van der Waals surface area contributed by atoms with E-state index in [1.54, 1.807) is 11.3 Å². The number of carboxylic acids is 1. The van der Waals surface area contributed by atoms with Crippen LogP contribution in [0.2, 0.25) is 0 Å². The Morgan fingerprint density at radius 2 is 1.81 bits per heavy atom. The number of carboxylic acid groups (broad SMARTS) is 1. The molecule has 0 radical (unpaired) electrons. The van der Waals surface area contributed by atoms with Crippen molar-refractivity contribution < 1.29 is 9.90 Å². The molecule has 1 aromatic heterocycles. The third-order valence-corrected chi connectivity index (χ3v) is 4.45. The summed E-state index contributed by atoms with van der Waals surface area (Å²) in [6, 6.07) is 17.6. The van der Waals surface area contributed by atoms with Crippen LogP contribution in [0, 0.1) is 0 Å². The minimum absolute atomic E-state index is 0.375. The Labute approximate surface area is 126 Å². The molecule has 0 aliphatic rings. The van der Waals surface area contributed by atoms with Crippen LogP contribution < -0.4 is 5.32 Å². The quantitative estimate of drug-likeness (QED) is 0.742. The van der Waals surface area contributed by atoms with E-state index < -0.39 is 11.9 Å². The first-order valence-electron chi connectivity index (χ1n) is 6.73. The topological polar surface area (TPSA) is 49.3 Å². The predicted molar refractivity (Wildman–Crippen MR) is 87.1 cm³/mol. The summed E-state index contributed by atoms with van der Waals surface area (Å²) >= 11 is 1.59. The molecule has 0 bridgehead atoms. The SMILES string of the molecule is O=C(O)C(CNc1ccccc1)c1csc2ccccc12. The van der Waals surface area contributed by atoms with Crippen LogP contribution in [0.5, 0.6) is 0 Å². The Kier molecular flexibility index (Phi) is 3.88. The fourth-order valence-electron chi connectivity index (χ4n) is 2.37. The van der Waals surface area contributed by atoms with Gasteiger partial charge in [0.2, 0.25) is 0 Å². The van der Waals surface area contributed by atoms with E-state index in [0.717, 1.165) is 21.3 Å². The lowest BCUT2D eigenvalue weighted by molar-refractivity contribution is -0.138. The summed E-state index contributed by atoms with van der Waals surface area (Å²) < 4.78 is 1.12. The van der Waals surface area contributed by atoms with E-state index in [0.29, 0.717) is 6.54 Å². The van der Waals surface area contributed by atoms with Gasteiger partial charge in [0.1, 0.15) is 5.92 Å². The zero-order valence-electron chi connectivity index (χ0n) is 11.3. The molecule has 0 saturated heterocycles. The maximum absolute atomic E-state index is 11.6. The molecule has 2 N–H and O–H groups in total. The monoisotopic (exact) mass is 297 g/mol. The molecule has 4 heteroatoms. The first-order chi connectivity index (χ1) is 10.3. The van der Waals surface area contributed by atoms with Crippen molar-refractivity contribution in [2.45, 2.75) is 5.92 Å². The Hall–Kier alpha value is -2.33. The van der Waals surface area contributed by atoms with Crippen LogP contribution in [0.15, 0.2) is 60.0 Å². The molecule has 0 aliphatic heterocycles. The van der Waals surface area contributed by atoms with Gasteiger partial charge in [0.05, 0.1) is 0 Å². The van der Waals surface area contributed by atoms with Gasteiger partial charge in [-0.15, -0.1) is 11.3 Å². The largest absolute Gasteiger partial charge is 0.481 e. The number of fused-ring (bicyclic) bond motifs is 1. The smallest absolute Gasteiger partial charge is 0.312 e. The molecule has 3 aromatic rings. The van der Waals surface area contributed by atoms with E-state index in [-0.39, 0.29) is 0 Å². The van der Waals surface area contributed by atoms with Crippen molar-refractivity contribution in [3.8, 4) is 0 Å². The van der Waals surface area contributed by atoms with Gasteiger partial charge in [0.15, 0.2) is 0 Å². The van der Waals surface area contributed by atoms with Gasteiger partial charge < -0.3 is 10.4 Å². The van der Waals surface area contributed by atoms with Crippen LogP contribution in [0.4, 0.5) is 5.69 Å². The van der Waals surface area contributed by atoms with E-state index >= 15 is 0 Å². The highest BCUT2D eigenvalue weighted by Crippen LogP contribution is 2.31. The van der Waals surface area contributed by atoms with E-state index in [1.807, 2.05) is 60.0 Å². The van der Waals surface area contributed by atoms with Crippen molar-refractivity contribution in [1.82, 2.24) is 0 Å². The van der Waals surface area contributed by atoms with E-state index in [1.165, 1.54) is 0 Å². The molecule has 21 heavy (non-hydrogen) atoms. The Morgan fingerprint density at radius 3 is 2.57 bits per heavy atom. The molecule has 1 unspecified atom stereocenters. The van der Waals surface area contributed by atoms with Crippen molar-refractivity contribution in [2.75, 3.05) is 11.9 Å². The maximum Gasteiger partial charge on any atom is 0.312 e. The lowest BCUT2D eigenvalue weighted by atomic mass is 9.98. The van der Waals surface area contributed by atoms with Crippen molar-refractivity contribution in [1.29, 1.82) is 0 Å². The minimum atomic E-state index is -0.804. The van der Waals surface area contributed by atoms with Crippen molar-refractivity contribution in [3.05, 3.63) is 65.5 Å². The third kappa shape index (κ3) is 2.90.